The molecule has 1 fully saturated rings. The van der Waals surface area contributed by atoms with Gasteiger partial charge in [0.05, 0.1) is 7.11 Å². The third kappa shape index (κ3) is 2.91. The van der Waals surface area contributed by atoms with Crippen molar-refractivity contribution in [1.82, 2.24) is 4.90 Å². The van der Waals surface area contributed by atoms with Crippen LogP contribution in [0, 0.1) is 0 Å². The van der Waals surface area contributed by atoms with Crippen molar-refractivity contribution < 1.29 is 14.6 Å². The SMILES string of the molecule is COc1cc2c(cc1CN1CCCCC1C(=O)O)CCC2. The molecule has 0 aromatic heterocycles. The average molecular weight is 289 g/mol. The Bertz CT molecular complexity index is 541. The number of nitrogens with zero attached hydrogens (tertiary/aromatic N) is 1. The van der Waals surface area contributed by atoms with Crippen molar-refractivity contribution in [3.8, 4) is 5.75 Å². The van der Waals surface area contributed by atoms with Crippen molar-refractivity contribution >= 4 is 5.97 Å². The van der Waals surface area contributed by atoms with E-state index in [0.29, 0.717) is 6.54 Å². The molecule has 0 saturated carbocycles. The molecule has 1 atom stereocenters. The molecule has 1 heterocycles. The Morgan fingerprint density at radius 2 is 2.05 bits per heavy atom. The van der Waals surface area contributed by atoms with Crippen LogP contribution in [-0.2, 0) is 24.2 Å². The number of aliphatic carboxylic acids is 1. The number of likely N-dealkylation sites (tertiary alicyclic amines) is 1. The van der Waals surface area contributed by atoms with Gasteiger partial charge in [-0.3, -0.25) is 9.69 Å². The minimum Gasteiger partial charge on any atom is -0.496 e. The van der Waals surface area contributed by atoms with Gasteiger partial charge < -0.3 is 9.84 Å². The smallest absolute Gasteiger partial charge is 0.320 e. The van der Waals surface area contributed by atoms with Crippen LogP contribution in [0.15, 0.2) is 12.1 Å². The molecule has 0 bridgehead atoms. The van der Waals surface area contributed by atoms with Crippen LogP contribution in [0.2, 0.25) is 0 Å². The zero-order chi connectivity index (χ0) is 14.8. The van der Waals surface area contributed by atoms with Gasteiger partial charge in [-0.1, -0.05) is 12.5 Å². The molecule has 1 aromatic carbocycles. The number of piperidine rings is 1. The predicted octanol–water partition coefficient (Wildman–Crippen LogP) is 2.62. The normalized spacial score (nSPS) is 22.0. The fraction of sp³-hybridized carbons (Fsp3) is 0.588. The number of carboxylic acid groups (broad SMARTS) is 1. The second kappa shape index (κ2) is 6.06. The van der Waals surface area contributed by atoms with Crippen LogP contribution >= 0.6 is 0 Å². The Kier molecular flexibility index (Phi) is 4.15. The number of carboxylic acids is 1. The number of hydrogen-bond acceptors (Lipinski definition) is 3. The van der Waals surface area contributed by atoms with E-state index < -0.39 is 5.97 Å². The third-order valence-electron chi connectivity index (χ3n) is 4.77. The fourth-order valence-corrected chi connectivity index (χ4v) is 3.64. The highest BCUT2D eigenvalue weighted by atomic mass is 16.5. The van der Waals surface area contributed by atoms with E-state index in [9.17, 15) is 9.90 Å². The summed E-state index contributed by atoms with van der Waals surface area (Å²) in [4.78, 5) is 13.5. The number of ether oxygens (including phenoxy) is 1. The largest absolute Gasteiger partial charge is 0.496 e. The van der Waals surface area contributed by atoms with E-state index in [2.05, 4.69) is 17.0 Å². The quantitative estimate of drug-likeness (QED) is 0.925. The Hall–Kier alpha value is -1.55. The van der Waals surface area contributed by atoms with E-state index in [1.54, 1.807) is 7.11 Å². The number of methoxy groups -OCH3 is 1. The summed E-state index contributed by atoms with van der Waals surface area (Å²) in [5.74, 6) is 0.209. The highest BCUT2D eigenvalue weighted by molar-refractivity contribution is 5.73. The molecule has 21 heavy (non-hydrogen) atoms. The van der Waals surface area contributed by atoms with Crippen molar-refractivity contribution in [2.75, 3.05) is 13.7 Å². The van der Waals surface area contributed by atoms with Gasteiger partial charge in [0.15, 0.2) is 0 Å². The number of benzene rings is 1. The summed E-state index contributed by atoms with van der Waals surface area (Å²) < 4.78 is 5.53. The molecule has 1 saturated heterocycles. The lowest BCUT2D eigenvalue weighted by atomic mass is 9.99. The number of rotatable bonds is 4. The molecule has 1 unspecified atom stereocenters. The number of aryl methyl sites for hydroxylation is 2. The highest BCUT2D eigenvalue weighted by Crippen LogP contribution is 2.31. The van der Waals surface area contributed by atoms with E-state index in [1.807, 2.05) is 0 Å². The van der Waals surface area contributed by atoms with Gasteiger partial charge in [0.25, 0.3) is 0 Å². The van der Waals surface area contributed by atoms with Crippen LogP contribution in [0.3, 0.4) is 0 Å². The first-order chi connectivity index (χ1) is 10.2. The Morgan fingerprint density at radius 3 is 2.76 bits per heavy atom. The summed E-state index contributed by atoms with van der Waals surface area (Å²) in [5, 5.41) is 9.40. The molecule has 3 rings (SSSR count). The molecule has 4 heteroatoms. The van der Waals surface area contributed by atoms with Crippen LogP contribution in [0.1, 0.15) is 42.4 Å². The van der Waals surface area contributed by atoms with Crippen molar-refractivity contribution in [2.24, 2.45) is 0 Å². The minimum absolute atomic E-state index is 0.350. The van der Waals surface area contributed by atoms with E-state index in [-0.39, 0.29) is 6.04 Å². The van der Waals surface area contributed by atoms with E-state index >= 15 is 0 Å². The van der Waals surface area contributed by atoms with Gasteiger partial charge in [-0.05, 0) is 55.8 Å². The second-order valence-corrected chi connectivity index (χ2v) is 6.11. The Morgan fingerprint density at radius 1 is 1.29 bits per heavy atom. The average Bonchev–Trinajstić information content (AvgIpc) is 2.94. The Labute approximate surface area is 125 Å². The minimum atomic E-state index is -0.699. The lowest BCUT2D eigenvalue weighted by molar-refractivity contribution is -0.144. The third-order valence-corrected chi connectivity index (χ3v) is 4.77. The molecule has 1 aliphatic heterocycles. The van der Waals surface area contributed by atoms with Gasteiger partial charge in [-0.25, -0.2) is 0 Å². The molecule has 114 valence electrons. The molecule has 4 nitrogen and oxygen atoms in total. The van der Waals surface area contributed by atoms with Gasteiger partial charge >= 0.3 is 5.97 Å². The van der Waals surface area contributed by atoms with Gasteiger partial charge in [0, 0.05) is 12.1 Å². The maximum atomic E-state index is 11.4. The summed E-state index contributed by atoms with van der Waals surface area (Å²) in [5.41, 5.74) is 3.94. The van der Waals surface area contributed by atoms with Crippen LogP contribution in [0.5, 0.6) is 5.75 Å². The Balaban J connectivity index is 1.84. The fourth-order valence-electron chi connectivity index (χ4n) is 3.64. The van der Waals surface area contributed by atoms with Gasteiger partial charge in [0.1, 0.15) is 11.8 Å². The monoisotopic (exact) mass is 289 g/mol. The summed E-state index contributed by atoms with van der Waals surface area (Å²) in [7, 11) is 1.70. The van der Waals surface area contributed by atoms with Crippen molar-refractivity contribution in [2.45, 2.75) is 51.1 Å². The molecular weight excluding hydrogens is 266 g/mol. The summed E-state index contributed by atoms with van der Waals surface area (Å²) in [6.45, 7) is 1.53. The van der Waals surface area contributed by atoms with Crippen LogP contribution in [0.25, 0.3) is 0 Å². The van der Waals surface area contributed by atoms with Gasteiger partial charge in [-0.15, -0.1) is 0 Å². The van der Waals surface area contributed by atoms with Crippen LogP contribution in [-0.4, -0.2) is 35.7 Å². The lowest BCUT2D eigenvalue weighted by Gasteiger charge is -2.33. The lowest BCUT2D eigenvalue weighted by Crippen LogP contribution is -2.44. The maximum Gasteiger partial charge on any atom is 0.320 e. The van der Waals surface area contributed by atoms with Crippen LogP contribution < -0.4 is 4.74 Å². The van der Waals surface area contributed by atoms with E-state index in [4.69, 9.17) is 4.74 Å². The number of hydrogen-bond donors (Lipinski definition) is 1. The van der Waals surface area contributed by atoms with Crippen molar-refractivity contribution in [1.29, 1.82) is 0 Å². The zero-order valence-corrected chi connectivity index (χ0v) is 12.6. The van der Waals surface area contributed by atoms with Crippen molar-refractivity contribution in [3.63, 3.8) is 0 Å². The molecular formula is C17H23NO3. The first-order valence-electron chi connectivity index (χ1n) is 7.84. The standard InChI is InChI=1S/C17H23NO3/c1-21-16-10-13-6-4-5-12(13)9-14(16)11-18-8-3-2-7-15(18)17(19)20/h9-10,15H,2-8,11H2,1H3,(H,19,20). The van der Waals surface area contributed by atoms with E-state index in [1.165, 1.54) is 17.5 Å². The molecule has 0 radical (unpaired) electrons. The highest BCUT2D eigenvalue weighted by Gasteiger charge is 2.29. The molecule has 1 aliphatic carbocycles. The summed E-state index contributed by atoms with van der Waals surface area (Å²) in [6, 6.07) is 4.03. The number of carbonyl (C=O) groups is 1. The van der Waals surface area contributed by atoms with E-state index in [0.717, 1.165) is 50.0 Å². The summed E-state index contributed by atoms with van der Waals surface area (Å²) in [6.07, 6.45) is 6.32. The molecule has 1 aromatic rings. The van der Waals surface area contributed by atoms with Crippen molar-refractivity contribution in [3.05, 3.63) is 28.8 Å². The topological polar surface area (TPSA) is 49.8 Å². The zero-order valence-electron chi connectivity index (χ0n) is 12.6. The predicted molar refractivity (Wildman–Crippen MR) is 80.7 cm³/mol. The summed E-state index contributed by atoms with van der Waals surface area (Å²) >= 11 is 0. The molecule has 1 N–H and O–H groups in total. The second-order valence-electron chi connectivity index (χ2n) is 6.11. The maximum absolute atomic E-state index is 11.4. The first-order valence-corrected chi connectivity index (χ1v) is 7.84. The van der Waals surface area contributed by atoms with Crippen LogP contribution in [0.4, 0.5) is 0 Å². The molecule has 2 aliphatic rings. The van der Waals surface area contributed by atoms with Gasteiger partial charge in [0.2, 0.25) is 0 Å². The molecule has 0 amide bonds. The number of fused-ring (bicyclic) bond motifs is 1. The molecule has 0 spiro atoms. The van der Waals surface area contributed by atoms with Gasteiger partial charge in [-0.2, -0.15) is 0 Å². The first kappa shape index (κ1) is 14.4.